The van der Waals surface area contributed by atoms with Gasteiger partial charge in [0, 0.05) is 45.2 Å². The number of hydrogen-bond acceptors (Lipinski definition) is 4. The minimum Gasteiger partial charge on any atom is -0.355 e. The Balaban J connectivity index is 0.00000264. The lowest BCUT2D eigenvalue weighted by molar-refractivity contribution is 0.247. The molecule has 7 nitrogen and oxygen atoms in total. The number of aliphatic imine (C=N–C) groups is 1. The van der Waals surface area contributed by atoms with E-state index in [9.17, 15) is 0 Å². The number of guanidine groups is 1. The monoisotopic (exact) mass is 435 g/mol. The molecule has 0 aliphatic heterocycles. The third-order valence-corrected chi connectivity index (χ3v) is 4.26. The van der Waals surface area contributed by atoms with E-state index in [2.05, 4.69) is 56.2 Å². The van der Waals surface area contributed by atoms with E-state index < -0.39 is 0 Å². The van der Waals surface area contributed by atoms with E-state index in [0.29, 0.717) is 6.04 Å². The van der Waals surface area contributed by atoms with Gasteiger partial charge in [0.25, 0.3) is 0 Å². The van der Waals surface area contributed by atoms with Crippen LogP contribution in [0, 0.1) is 0 Å². The van der Waals surface area contributed by atoms with Crippen molar-refractivity contribution < 1.29 is 0 Å². The number of aryl methyl sites for hydroxylation is 1. The van der Waals surface area contributed by atoms with Gasteiger partial charge in [-0.15, -0.1) is 34.2 Å². The van der Waals surface area contributed by atoms with E-state index in [1.807, 2.05) is 0 Å². The average Bonchev–Trinajstić information content (AvgIpc) is 3.28. The first kappa shape index (κ1) is 20.1. The Morgan fingerprint density at radius 3 is 2.83 bits per heavy atom. The van der Waals surface area contributed by atoms with Crippen LogP contribution in [0.1, 0.15) is 32.5 Å². The number of aromatic nitrogens is 3. The molecule has 0 saturated heterocycles. The van der Waals surface area contributed by atoms with Crippen LogP contribution in [-0.2, 0) is 13.0 Å². The predicted molar refractivity (Wildman–Crippen MR) is 104 cm³/mol. The highest BCUT2D eigenvalue weighted by Gasteiger charge is 2.28. The first-order valence-electron chi connectivity index (χ1n) is 8.18. The summed E-state index contributed by atoms with van der Waals surface area (Å²) in [7, 11) is 4.01. The maximum Gasteiger partial charge on any atom is 0.191 e. The molecule has 1 unspecified atom stereocenters. The number of likely N-dealkylation sites (N-methyl/N-ethyl adjacent to an activating group) is 1. The molecule has 1 aromatic heterocycles. The Bertz CT molecular complexity index is 484. The van der Waals surface area contributed by atoms with Gasteiger partial charge in [-0.1, -0.05) is 6.92 Å². The summed E-state index contributed by atoms with van der Waals surface area (Å²) in [6.07, 6.45) is 5.36. The molecule has 2 rings (SSSR count). The van der Waals surface area contributed by atoms with Crippen molar-refractivity contribution in [2.24, 2.45) is 4.99 Å². The van der Waals surface area contributed by atoms with Gasteiger partial charge < -0.3 is 15.2 Å². The molecule has 8 heteroatoms. The van der Waals surface area contributed by atoms with Crippen molar-refractivity contribution in [1.82, 2.24) is 30.3 Å². The number of nitrogens with zero attached hydrogens (tertiary/aromatic N) is 5. The fourth-order valence-electron chi connectivity index (χ4n) is 2.48. The smallest absolute Gasteiger partial charge is 0.191 e. The molecule has 0 aromatic carbocycles. The molecule has 1 atom stereocenters. The van der Waals surface area contributed by atoms with Crippen LogP contribution in [-0.4, -0.2) is 64.9 Å². The molecule has 1 aliphatic carbocycles. The van der Waals surface area contributed by atoms with Crippen LogP contribution < -0.4 is 10.6 Å². The summed E-state index contributed by atoms with van der Waals surface area (Å²) in [6, 6.07) is 1.29. The first-order valence-corrected chi connectivity index (χ1v) is 8.18. The lowest BCUT2D eigenvalue weighted by Crippen LogP contribution is -2.46. The highest BCUT2D eigenvalue weighted by atomic mass is 127. The van der Waals surface area contributed by atoms with Gasteiger partial charge in [-0.25, -0.2) is 0 Å². The van der Waals surface area contributed by atoms with Crippen molar-refractivity contribution in [3.05, 3.63) is 12.2 Å². The molecule has 132 valence electrons. The number of rotatable bonds is 8. The Labute approximate surface area is 156 Å². The van der Waals surface area contributed by atoms with Crippen LogP contribution in [0.2, 0.25) is 0 Å². The van der Waals surface area contributed by atoms with Crippen molar-refractivity contribution in [1.29, 1.82) is 0 Å². The van der Waals surface area contributed by atoms with E-state index in [0.717, 1.165) is 43.9 Å². The molecule has 0 bridgehead atoms. The molecule has 0 amide bonds. The van der Waals surface area contributed by atoms with Crippen LogP contribution in [0.15, 0.2) is 11.3 Å². The van der Waals surface area contributed by atoms with E-state index >= 15 is 0 Å². The maximum absolute atomic E-state index is 4.28. The second kappa shape index (κ2) is 10.1. The Hall–Kier alpha value is -0.900. The van der Waals surface area contributed by atoms with Crippen molar-refractivity contribution in [2.75, 3.05) is 27.2 Å². The molecule has 1 saturated carbocycles. The summed E-state index contributed by atoms with van der Waals surface area (Å²) < 4.78 is 2.07. The van der Waals surface area contributed by atoms with Crippen molar-refractivity contribution in [3.8, 4) is 0 Å². The van der Waals surface area contributed by atoms with Gasteiger partial charge in [0.15, 0.2) is 5.96 Å². The van der Waals surface area contributed by atoms with Crippen molar-refractivity contribution in [3.63, 3.8) is 0 Å². The molecule has 1 aliphatic rings. The van der Waals surface area contributed by atoms with E-state index in [1.165, 1.54) is 12.8 Å². The Morgan fingerprint density at radius 2 is 2.22 bits per heavy atom. The van der Waals surface area contributed by atoms with E-state index in [-0.39, 0.29) is 24.0 Å². The van der Waals surface area contributed by atoms with Crippen LogP contribution in [0.25, 0.3) is 0 Å². The number of hydrogen-bond donors (Lipinski definition) is 2. The number of halogens is 1. The molecule has 1 heterocycles. The molecule has 23 heavy (non-hydrogen) atoms. The fraction of sp³-hybridized carbons (Fsp3) is 0.800. The summed E-state index contributed by atoms with van der Waals surface area (Å²) >= 11 is 0. The average molecular weight is 435 g/mol. The van der Waals surface area contributed by atoms with Gasteiger partial charge in [-0.2, -0.15) is 0 Å². The van der Waals surface area contributed by atoms with Crippen LogP contribution in [0.4, 0.5) is 0 Å². The zero-order chi connectivity index (χ0) is 15.9. The van der Waals surface area contributed by atoms with E-state index in [4.69, 9.17) is 0 Å². The zero-order valence-corrected chi connectivity index (χ0v) is 16.9. The van der Waals surface area contributed by atoms with Crippen LogP contribution in [0.3, 0.4) is 0 Å². The SMILES string of the molecule is CCc1nncn1CCNC(=NC)NCC(C)N(C)C1CC1.I. The van der Waals surface area contributed by atoms with Gasteiger partial charge >= 0.3 is 0 Å². The summed E-state index contributed by atoms with van der Waals surface area (Å²) in [6.45, 7) is 6.89. The van der Waals surface area contributed by atoms with Crippen LogP contribution >= 0.6 is 24.0 Å². The van der Waals surface area contributed by atoms with Gasteiger partial charge in [0.2, 0.25) is 0 Å². The summed E-state index contributed by atoms with van der Waals surface area (Å²) in [5.41, 5.74) is 0. The van der Waals surface area contributed by atoms with E-state index in [1.54, 1.807) is 13.4 Å². The highest BCUT2D eigenvalue weighted by Crippen LogP contribution is 2.26. The van der Waals surface area contributed by atoms with Gasteiger partial charge in [0.1, 0.15) is 12.2 Å². The molecule has 0 radical (unpaired) electrons. The first-order chi connectivity index (χ1) is 10.7. The third kappa shape index (κ3) is 6.25. The summed E-state index contributed by atoms with van der Waals surface area (Å²) in [4.78, 5) is 6.73. The molecule has 1 aromatic rings. The quantitative estimate of drug-likeness (QED) is 0.364. The predicted octanol–water partition coefficient (Wildman–Crippen LogP) is 1.11. The van der Waals surface area contributed by atoms with Gasteiger partial charge in [0.05, 0.1) is 0 Å². The lowest BCUT2D eigenvalue weighted by atomic mass is 10.3. The Kier molecular flexibility index (Phi) is 8.82. The van der Waals surface area contributed by atoms with Crippen LogP contribution in [0.5, 0.6) is 0 Å². The minimum absolute atomic E-state index is 0. The molecular weight excluding hydrogens is 405 g/mol. The Morgan fingerprint density at radius 1 is 1.48 bits per heavy atom. The largest absolute Gasteiger partial charge is 0.355 e. The fourth-order valence-corrected chi connectivity index (χ4v) is 2.48. The third-order valence-electron chi connectivity index (χ3n) is 4.26. The normalized spacial score (nSPS) is 16.1. The lowest BCUT2D eigenvalue weighted by Gasteiger charge is -2.25. The topological polar surface area (TPSA) is 70.4 Å². The van der Waals surface area contributed by atoms with Crippen molar-refractivity contribution in [2.45, 2.75) is 51.7 Å². The molecule has 0 spiro atoms. The van der Waals surface area contributed by atoms with Gasteiger partial charge in [-0.3, -0.25) is 9.89 Å². The molecule has 2 N–H and O–H groups in total. The minimum atomic E-state index is 0. The summed E-state index contributed by atoms with van der Waals surface area (Å²) in [5.74, 6) is 1.87. The maximum atomic E-state index is 4.28. The van der Waals surface area contributed by atoms with Crippen molar-refractivity contribution >= 4 is 29.9 Å². The second-order valence-corrected chi connectivity index (χ2v) is 5.92. The van der Waals surface area contributed by atoms with Gasteiger partial charge in [-0.05, 0) is 26.8 Å². The second-order valence-electron chi connectivity index (χ2n) is 5.92. The summed E-state index contributed by atoms with van der Waals surface area (Å²) in [5, 5.41) is 14.8. The molecular formula is C15H30IN7. The zero-order valence-electron chi connectivity index (χ0n) is 14.6. The molecule has 1 fully saturated rings. The highest BCUT2D eigenvalue weighted by molar-refractivity contribution is 14.0. The number of nitrogens with one attached hydrogen (secondary N) is 2. The standard InChI is InChI=1S/C15H29N7.HI/c1-5-14-20-19-11-22(14)9-8-17-15(16-3)18-10-12(2)21(4)13-6-7-13;/h11-13H,5-10H2,1-4H3,(H2,16,17,18);1H.